The summed E-state index contributed by atoms with van der Waals surface area (Å²) in [6.45, 7) is 0. The van der Waals surface area contributed by atoms with E-state index in [1.54, 1.807) is 0 Å². The molecule has 2 fully saturated rings. The minimum absolute atomic E-state index is 0.0294. The molecule has 0 bridgehead atoms. The number of nitrogens with two attached hydrogens (primary N) is 1. The highest BCUT2D eigenvalue weighted by Crippen LogP contribution is 2.49. The highest BCUT2D eigenvalue weighted by molar-refractivity contribution is 5.87. The Morgan fingerprint density at radius 3 is 2.00 bits per heavy atom. The van der Waals surface area contributed by atoms with Crippen molar-refractivity contribution in [3.63, 3.8) is 0 Å². The minimum atomic E-state index is -4.37. The third-order valence-corrected chi connectivity index (χ3v) is 3.84. The summed E-state index contributed by atoms with van der Waals surface area (Å²) < 4.78 is 38.1. The van der Waals surface area contributed by atoms with E-state index in [-0.39, 0.29) is 12.8 Å². The van der Waals surface area contributed by atoms with Crippen LogP contribution in [0.3, 0.4) is 0 Å². The lowest BCUT2D eigenvalue weighted by molar-refractivity contribution is -0.172. The molecule has 0 aromatic rings. The van der Waals surface area contributed by atoms with Crippen LogP contribution in [0.15, 0.2) is 0 Å². The summed E-state index contributed by atoms with van der Waals surface area (Å²) >= 11 is 0. The zero-order chi connectivity index (χ0) is 12.7. The maximum atomic E-state index is 12.7. The monoisotopic (exact) mass is 250 g/mol. The van der Waals surface area contributed by atoms with Crippen LogP contribution in [0.25, 0.3) is 0 Å². The maximum Gasteiger partial charge on any atom is 0.411 e. The summed E-state index contributed by atoms with van der Waals surface area (Å²) in [5, 5.41) is 2.13. The van der Waals surface area contributed by atoms with Gasteiger partial charge in [-0.3, -0.25) is 4.79 Å². The Hall–Kier alpha value is -0.780. The number of rotatable bonds is 2. The van der Waals surface area contributed by atoms with E-state index in [0.717, 1.165) is 19.3 Å². The van der Waals surface area contributed by atoms with Crippen LogP contribution in [0.5, 0.6) is 0 Å². The predicted octanol–water partition coefficient (Wildman–Crippen LogP) is 1.86. The first-order valence-corrected chi connectivity index (χ1v) is 5.97. The van der Waals surface area contributed by atoms with Crippen molar-refractivity contribution in [1.82, 2.24) is 5.32 Å². The molecule has 6 heteroatoms. The molecule has 3 N–H and O–H groups in total. The van der Waals surface area contributed by atoms with Crippen molar-refractivity contribution in [3.8, 4) is 0 Å². The van der Waals surface area contributed by atoms with E-state index in [0.29, 0.717) is 12.8 Å². The summed E-state index contributed by atoms with van der Waals surface area (Å²) in [7, 11) is 0. The van der Waals surface area contributed by atoms with Gasteiger partial charge in [0.15, 0.2) is 0 Å². The Kier molecular flexibility index (Phi) is 2.88. The lowest BCUT2D eigenvalue weighted by atomic mass is 9.81. The molecule has 0 aromatic heterocycles. The Balaban J connectivity index is 2.02. The molecule has 2 rings (SSSR count). The van der Waals surface area contributed by atoms with E-state index in [1.165, 1.54) is 0 Å². The van der Waals surface area contributed by atoms with Gasteiger partial charge >= 0.3 is 6.18 Å². The van der Waals surface area contributed by atoms with Crippen molar-refractivity contribution < 1.29 is 18.0 Å². The molecular formula is C11H17F3N2O. The third kappa shape index (κ3) is 2.27. The quantitative estimate of drug-likeness (QED) is 0.786. The maximum absolute atomic E-state index is 12.7. The molecule has 2 aliphatic rings. The molecule has 17 heavy (non-hydrogen) atoms. The minimum Gasteiger partial charge on any atom is -0.340 e. The van der Waals surface area contributed by atoms with Gasteiger partial charge in [-0.25, -0.2) is 0 Å². The van der Waals surface area contributed by atoms with E-state index in [4.69, 9.17) is 5.73 Å². The molecule has 0 radical (unpaired) electrons. The molecule has 0 atom stereocenters. The van der Waals surface area contributed by atoms with E-state index in [1.807, 2.05) is 0 Å². The van der Waals surface area contributed by atoms with Crippen molar-refractivity contribution >= 4 is 5.91 Å². The fourth-order valence-corrected chi connectivity index (χ4v) is 2.36. The normalized spacial score (nSPS) is 26.4. The molecule has 0 unspecified atom stereocenters. The Morgan fingerprint density at radius 2 is 1.59 bits per heavy atom. The second-order valence-electron chi connectivity index (χ2n) is 5.25. The largest absolute Gasteiger partial charge is 0.411 e. The number of nitrogens with one attached hydrogen (secondary N) is 1. The Labute approximate surface area is 97.9 Å². The lowest BCUT2D eigenvalue weighted by Gasteiger charge is -2.34. The molecule has 1 amide bonds. The number of hydrogen-bond acceptors (Lipinski definition) is 2. The van der Waals surface area contributed by atoms with Gasteiger partial charge in [0.05, 0.1) is 5.54 Å². The first kappa shape index (κ1) is 12.7. The number of hydrogen-bond donors (Lipinski definition) is 2. The summed E-state index contributed by atoms with van der Waals surface area (Å²) in [5.41, 5.74) is 2.81. The summed E-state index contributed by atoms with van der Waals surface area (Å²) in [6.07, 6.45) is -0.855. The van der Waals surface area contributed by atoms with Crippen molar-refractivity contribution in [3.05, 3.63) is 0 Å². The van der Waals surface area contributed by atoms with Gasteiger partial charge in [0.1, 0.15) is 5.54 Å². The van der Waals surface area contributed by atoms with Crippen LogP contribution in [0.4, 0.5) is 13.2 Å². The smallest absolute Gasteiger partial charge is 0.340 e. The number of carbonyl (C=O) groups excluding carboxylic acids is 1. The molecule has 0 aromatic carbocycles. The molecular weight excluding hydrogens is 233 g/mol. The number of carbonyl (C=O) groups is 1. The van der Waals surface area contributed by atoms with Gasteiger partial charge in [-0.1, -0.05) is 19.3 Å². The summed E-state index contributed by atoms with van der Waals surface area (Å²) in [4.78, 5) is 11.9. The topological polar surface area (TPSA) is 55.1 Å². The van der Waals surface area contributed by atoms with Crippen molar-refractivity contribution in [2.75, 3.05) is 0 Å². The highest BCUT2D eigenvalue weighted by Gasteiger charge is 2.65. The fraction of sp³-hybridized carbons (Fsp3) is 0.909. The third-order valence-electron chi connectivity index (χ3n) is 3.84. The average Bonchev–Trinajstić information content (AvgIpc) is 2.99. The highest BCUT2D eigenvalue weighted by atomic mass is 19.4. The number of halogens is 3. The SMILES string of the molecule is NC1(C(=O)NC2(C(F)(F)F)CC2)CCCCC1. The van der Waals surface area contributed by atoms with E-state index < -0.39 is 23.2 Å². The first-order chi connectivity index (χ1) is 7.79. The van der Waals surface area contributed by atoms with Crippen LogP contribution in [0.2, 0.25) is 0 Å². The van der Waals surface area contributed by atoms with Gasteiger partial charge < -0.3 is 11.1 Å². The average molecular weight is 250 g/mol. The molecule has 0 heterocycles. The lowest BCUT2D eigenvalue weighted by Crippen LogP contribution is -2.60. The summed E-state index contributed by atoms with van der Waals surface area (Å²) in [5.74, 6) is -0.632. The van der Waals surface area contributed by atoms with E-state index in [2.05, 4.69) is 5.32 Å². The van der Waals surface area contributed by atoms with Crippen LogP contribution >= 0.6 is 0 Å². The van der Waals surface area contributed by atoms with Gasteiger partial charge in [0, 0.05) is 0 Å². The molecule has 0 spiro atoms. The predicted molar refractivity (Wildman–Crippen MR) is 56.2 cm³/mol. The zero-order valence-corrected chi connectivity index (χ0v) is 9.57. The van der Waals surface area contributed by atoms with Gasteiger partial charge in [-0.05, 0) is 25.7 Å². The second-order valence-corrected chi connectivity index (χ2v) is 5.25. The van der Waals surface area contributed by atoms with Crippen molar-refractivity contribution in [1.29, 1.82) is 0 Å². The molecule has 2 aliphatic carbocycles. The Morgan fingerprint density at radius 1 is 1.06 bits per heavy atom. The molecule has 0 saturated heterocycles. The van der Waals surface area contributed by atoms with Gasteiger partial charge in [-0.15, -0.1) is 0 Å². The van der Waals surface area contributed by atoms with Crippen molar-refractivity contribution in [2.24, 2.45) is 5.73 Å². The Bertz CT molecular complexity index is 317. The van der Waals surface area contributed by atoms with E-state index >= 15 is 0 Å². The van der Waals surface area contributed by atoms with Crippen LogP contribution in [0, 0.1) is 0 Å². The first-order valence-electron chi connectivity index (χ1n) is 5.97. The van der Waals surface area contributed by atoms with Gasteiger partial charge in [0.2, 0.25) is 5.91 Å². The number of alkyl halides is 3. The molecule has 0 aliphatic heterocycles. The zero-order valence-electron chi connectivity index (χ0n) is 9.57. The molecule has 3 nitrogen and oxygen atoms in total. The van der Waals surface area contributed by atoms with Gasteiger partial charge in [0.25, 0.3) is 0 Å². The van der Waals surface area contributed by atoms with E-state index in [9.17, 15) is 18.0 Å². The molecule has 2 saturated carbocycles. The van der Waals surface area contributed by atoms with Gasteiger partial charge in [-0.2, -0.15) is 13.2 Å². The standard InChI is InChI=1S/C11H17F3N2O/c12-11(13,14)10(6-7-10)16-8(17)9(15)4-2-1-3-5-9/h1-7,15H2,(H,16,17). The molecule has 98 valence electrons. The van der Waals surface area contributed by atoms with Crippen LogP contribution in [-0.2, 0) is 4.79 Å². The van der Waals surface area contributed by atoms with Crippen molar-refractivity contribution in [2.45, 2.75) is 62.2 Å². The van der Waals surface area contributed by atoms with Crippen LogP contribution < -0.4 is 11.1 Å². The summed E-state index contributed by atoms with van der Waals surface area (Å²) in [6, 6.07) is 0. The number of amides is 1. The van der Waals surface area contributed by atoms with Crippen LogP contribution in [-0.4, -0.2) is 23.2 Å². The van der Waals surface area contributed by atoms with Crippen LogP contribution in [0.1, 0.15) is 44.9 Å². The second kappa shape index (κ2) is 3.86. The fourth-order valence-electron chi connectivity index (χ4n) is 2.36.